The molecule has 96 valence electrons. The van der Waals surface area contributed by atoms with E-state index >= 15 is 0 Å². The molecule has 0 spiro atoms. The van der Waals surface area contributed by atoms with Gasteiger partial charge in [-0.2, -0.15) is 0 Å². The fourth-order valence-electron chi connectivity index (χ4n) is 2.26. The van der Waals surface area contributed by atoms with Gasteiger partial charge in [-0.05, 0) is 25.7 Å². The highest BCUT2D eigenvalue weighted by Gasteiger charge is 2.34. The molecule has 6 heteroatoms. The molecule has 2 unspecified atom stereocenters. The van der Waals surface area contributed by atoms with Gasteiger partial charge in [0.1, 0.15) is 0 Å². The van der Waals surface area contributed by atoms with Crippen LogP contribution in [-0.2, 0) is 14.6 Å². The summed E-state index contributed by atoms with van der Waals surface area (Å²) >= 11 is 0. The first-order valence-electron chi connectivity index (χ1n) is 5.78. The molecule has 0 aromatic rings. The second kappa shape index (κ2) is 6.54. The number of hydrazine groups is 1. The molecule has 5 nitrogen and oxygen atoms in total. The van der Waals surface area contributed by atoms with Crippen molar-refractivity contribution in [3.05, 3.63) is 0 Å². The van der Waals surface area contributed by atoms with E-state index in [1.807, 2.05) is 0 Å². The van der Waals surface area contributed by atoms with Gasteiger partial charge in [0.05, 0.1) is 11.0 Å². The van der Waals surface area contributed by atoms with E-state index in [0.29, 0.717) is 12.4 Å². The van der Waals surface area contributed by atoms with Crippen LogP contribution < -0.4 is 11.3 Å². The molecular weight excluding hydrogens is 228 g/mol. The van der Waals surface area contributed by atoms with Crippen LogP contribution in [0.25, 0.3) is 0 Å². The number of hydrogen-bond acceptors (Lipinski definition) is 5. The van der Waals surface area contributed by atoms with Crippen molar-refractivity contribution < 1.29 is 13.2 Å². The number of sulfone groups is 1. The van der Waals surface area contributed by atoms with E-state index in [2.05, 4.69) is 5.43 Å². The molecule has 0 radical (unpaired) electrons. The molecule has 0 aromatic heterocycles. The lowest BCUT2D eigenvalue weighted by Crippen LogP contribution is -2.49. The molecule has 1 saturated heterocycles. The number of rotatable bonds is 6. The monoisotopic (exact) mass is 250 g/mol. The Labute approximate surface area is 97.6 Å². The Morgan fingerprint density at radius 1 is 1.50 bits per heavy atom. The van der Waals surface area contributed by atoms with Crippen LogP contribution in [0.15, 0.2) is 0 Å². The van der Waals surface area contributed by atoms with Crippen LogP contribution in [0.4, 0.5) is 0 Å². The minimum Gasteiger partial charge on any atom is -0.385 e. The number of hydrogen-bond donors (Lipinski definition) is 2. The van der Waals surface area contributed by atoms with E-state index < -0.39 is 9.84 Å². The average Bonchev–Trinajstić information content (AvgIpc) is 2.25. The summed E-state index contributed by atoms with van der Waals surface area (Å²) < 4.78 is 28.7. The highest BCUT2D eigenvalue weighted by atomic mass is 32.2. The molecule has 2 atom stereocenters. The second-order valence-electron chi connectivity index (χ2n) is 4.31. The average molecular weight is 250 g/mol. The maximum atomic E-state index is 11.9. The van der Waals surface area contributed by atoms with E-state index in [4.69, 9.17) is 10.6 Å². The molecule has 0 saturated carbocycles. The minimum absolute atomic E-state index is 0.138. The van der Waals surface area contributed by atoms with Gasteiger partial charge in [0.15, 0.2) is 9.84 Å². The number of ether oxygens (including phenoxy) is 1. The van der Waals surface area contributed by atoms with Crippen molar-refractivity contribution in [2.45, 2.75) is 43.4 Å². The molecule has 1 aliphatic heterocycles. The molecule has 0 aliphatic carbocycles. The first-order valence-corrected chi connectivity index (χ1v) is 7.50. The van der Waals surface area contributed by atoms with Crippen molar-refractivity contribution >= 4 is 9.84 Å². The first-order chi connectivity index (χ1) is 7.61. The number of nitrogens with one attached hydrogen (secondary N) is 1. The zero-order valence-corrected chi connectivity index (χ0v) is 10.6. The smallest absolute Gasteiger partial charge is 0.154 e. The topological polar surface area (TPSA) is 81.4 Å². The Hall–Kier alpha value is -0.170. The maximum Gasteiger partial charge on any atom is 0.154 e. The molecule has 1 fully saturated rings. The third-order valence-electron chi connectivity index (χ3n) is 3.16. The lowest BCUT2D eigenvalue weighted by molar-refractivity contribution is 0.188. The van der Waals surface area contributed by atoms with Crippen LogP contribution in [0.3, 0.4) is 0 Å². The Morgan fingerprint density at radius 3 is 2.81 bits per heavy atom. The van der Waals surface area contributed by atoms with E-state index in [9.17, 15) is 8.42 Å². The quantitative estimate of drug-likeness (QED) is 0.400. The SMILES string of the molecule is COCCCC(NN)C1CCCCS1(=O)=O. The fraction of sp³-hybridized carbons (Fsp3) is 1.00. The summed E-state index contributed by atoms with van der Waals surface area (Å²) in [7, 11) is -1.31. The fourth-order valence-corrected chi connectivity index (χ4v) is 4.41. The van der Waals surface area contributed by atoms with Crippen LogP contribution in [0.1, 0.15) is 32.1 Å². The van der Waals surface area contributed by atoms with Gasteiger partial charge in [-0.25, -0.2) is 8.42 Å². The van der Waals surface area contributed by atoms with Crippen molar-refractivity contribution in [2.24, 2.45) is 5.84 Å². The summed E-state index contributed by atoms with van der Waals surface area (Å²) in [6.07, 6.45) is 4.07. The van der Waals surface area contributed by atoms with Crippen LogP contribution in [0, 0.1) is 0 Å². The van der Waals surface area contributed by atoms with Gasteiger partial charge >= 0.3 is 0 Å². The summed E-state index contributed by atoms with van der Waals surface area (Å²) in [5, 5.41) is -0.317. The summed E-state index contributed by atoms with van der Waals surface area (Å²) in [4.78, 5) is 0. The van der Waals surface area contributed by atoms with E-state index in [1.54, 1.807) is 7.11 Å². The lowest BCUT2D eigenvalue weighted by atomic mass is 10.0. The highest BCUT2D eigenvalue weighted by molar-refractivity contribution is 7.92. The van der Waals surface area contributed by atoms with Crippen molar-refractivity contribution in [1.82, 2.24) is 5.43 Å². The summed E-state index contributed by atoms with van der Waals surface area (Å²) in [6.45, 7) is 0.644. The molecular formula is C10H22N2O3S. The van der Waals surface area contributed by atoms with Crippen LogP contribution in [-0.4, -0.2) is 39.2 Å². The van der Waals surface area contributed by atoms with Gasteiger partial charge in [0.2, 0.25) is 0 Å². The molecule has 1 heterocycles. The molecule has 1 rings (SSSR count). The van der Waals surface area contributed by atoms with Gasteiger partial charge < -0.3 is 4.74 Å². The van der Waals surface area contributed by atoms with E-state index in [1.165, 1.54) is 0 Å². The first kappa shape index (κ1) is 13.9. The van der Waals surface area contributed by atoms with Gasteiger partial charge in [-0.3, -0.25) is 11.3 Å². The Balaban J connectivity index is 2.56. The number of nitrogens with two attached hydrogens (primary N) is 1. The minimum atomic E-state index is -2.96. The highest BCUT2D eigenvalue weighted by Crippen LogP contribution is 2.24. The Bertz CT molecular complexity index is 292. The Morgan fingerprint density at radius 2 is 2.25 bits per heavy atom. The van der Waals surface area contributed by atoms with Crippen molar-refractivity contribution in [3.63, 3.8) is 0 Å². The molecule has 0 bridgehead atoms. The summed E-state index contributed by atoms with van der Waals surface area (Å²) in [5.74, 6) is 5.76. The third kappa shape index (κ3) is 3.69. The number of methoxy groups -OCH3 is 1. The van der Waals surface area contributed by atoms with E-state index in [-0.39, 0.29) is 11.3 Å². The van der Waals surface area contributed by atoms with Crippen LogP contribution in [0.2, 0.25) is 0 Å². The summed E-state index contributed by atoms with van der Waals surface area (Å²) in [5.41, 5.74) is 2.65. The standard InChI is InChI=1S/C10H22N2O3S/c1-15-7-4-5-9(12-11)10-6-2-3-8-16(10,13)14/h9-10,12H,2-8,11H2,1H3. The third-order valence-corrected chi connectivity index (χ3v) is 5.50. The van der Waals surface area contributed by atoms with Crippen LogP contribution in [0.5, 0.6) is 0 Å². The summed E-state index contributed by atoms with van der Waals surface area (Å²) in [6, 6.07) is -0.138. The predicted molar refractivity (Wildman–Crippen MR) is 63.6 cm³/mol. The molecule has 1 aliphatic rings. The van der Waals surface area contributed by atoms with Crippen molar-refractivity contribution in [3.8, 4) is 0 Å². The van der Waals surface area contributed by atoms with Gasteiger partial charge in [-0.1, -0.05) is 6.42 Å². The maximum absolute atomic E-state index is 11.9. The zero-order valence-electron chi connectivity index (χ0n) is 9.81. The van der Waals surface area contributed by atoms with E-state index in [0.717, 1.165) is 32.1 Å². The van der Waals surface area contributed by atoms with Gasteiger partial charge in [0, 0.05) is 19.8 Å². The predicted octanol–water partition coefficient (Wildman–Crippen LogP) is 0.212. The molecule has 3 N–H and O–H groups in total. The Kier molecular flexibility index (Phi) is 5.68. The molecule has 0 amide bonds. The lowest BCUT2D eigenvalue weighted by Gasteiger charge is -2.29. The second-order valence-corrected chi connectivity index (χ2v) is 6.65. The normalized spacial score (nSPS) is 26.5. The van der Waals surface area contributed by atoms with Gasteiger partial charge in [0.25, 0.3) is 0 Å². The van der Waals surface area contributed by atoms with Crippen molar-refractivity contribution in [1.29, 1.82) is 0 Å². The van der Waals surface area contributed by atoms with Crippen LogP contribution >= 0.6 is 0 Å². The van der Waals surface area contributed by atoms with Gasteiger partial charge in [-0.15, -0.1) is 0 Å². The largest absolute Gasteiger partial charge is 0.385 e. The molecule has 0 aromatic carbocycles. The zero-order chi connectivity index (χ0) is 12.0. The molecule has 16 heavy (non-hydrogen) atoms. The van der Waals surface area contributed by atoms with Crippen molar-refractivity contribution in [2.75, 3.05) is 19.5 Å².